The van der Waals surface area contributed by atoms with Crippen LogP contribution in [0, 0.1) is 11.8 Å². The molecule has 0 saturated heterocycles. The summed E-state index contributed by atoms with van der Waals surface area (Å²) in [5.74, 6) is -0.201. The number of aliphatic carboxylic acids is 1. The van der Waals surface area contributed by atoms with E-state index in [1.54, 1.807) is 0 Å². The number of carboxylic acid groups (broad SMARTS) is 1. The van der Waals surface area contributed by atoms with Gasteiger partial charge in [-0.05, 0) is 37.2 Å². The van der Waals surface area contributed by atoms with Gasteiger partial charge in [-0.1, -0.05) is 57.0 Å². The molecule has 0 radical (unpaired) electrons. The summed E-state index contributed by atoms with van der Waals surface area (Å²) in [6.07, 6.45) is 5.99. The van der Waals surface area contributed by atoms with Gasteiger partial charge in [0.05, 0.1) is 5.92 Å². The van der Waals surface area contributed by atoms with Crippen LogP contribution in [0.1, 0.15) is 51.5 Å². The predicted molar refractivity (Wildman–Crippen MR) is 79.2 cm³/mol. The molecule has 2 unspecified atom stereocenters. The van der Waals surface area contributed by atoms with Crippen LogP contribution in [0.25, 0.3) is 0 Å². The molecule has 0 saturated carbocycles. The summed E-state index contributed by atoms with van der Waals surface area (Å²) in [6, 6.07) is 10.5. The van der Waals surface area contributed by atoms with Gasteiger partial charge in [-0.15, -0.1) is 0 Å². The molecule has 0 amide bonds. The van der Waals surface area contributed by atoms with Gasteiger partial charge in [-0.2, -0.15) is 0 Å². The topological polar surface area (TPSA) is 37.3 Å². The first-order chi connectivity index (χ1) is 9.17. The first-order valence-corrected chi connectivity index (χ1v) is 7.44. The Morgan fingerprint density at radius 1 is 1.11 bits per heavy atom. The van der Waals surface area contributed by atoms with Gasteiger partial charge in [0.1, 0.15) is 0 Å². The third-order valence-corrected chi connectivity index (χ3v) is 3.83. The van der Waals surface area contributed by atoms with E-state index in [9.17, 15) is 4.79 Å². The summed E-state index contributed by atoms with van der Waals surface area (Å²) in [6.45, 7) is 4.16. The minimum atomic E-state index is -0.641. The molecule has 0 spiro atoms. The molecule has 106 valence electrons. The Morgan fingerprint density at radius 3 is 2.32 bits per heavy atom. The maximum Gasteiger partial charge on any atom is 0.306 e. The summed E-state index contributed by atoms with van der Waals surface area (Å²) < 4.78 is 0. The number of carboxylic acids is 1. The van der Waals surface area contributed by atoms with Crippen LogP contribution in [-0.4, -0.2) is 11.1 Å². The van der Waals surface area contributed by atoms with Crippen molar-refractivity contribution in [1.82, 2.24) is 0 Å². The van der Waals surface area contributed by atoms with E-state index in [2.05, 4.69) is 31.2 Å². The molecule has 2 heteroatoms. The summed E-state index contributed by atoms with van der Waals surface area (Å²) in [4.78, 5) is 11.1. The highest BCUT2D eigenvalue weighted by molar-refractivity contribution is 5.69. The normalized spacial score (nSPS) is 14.0. The Bertz CT molecular complexity index is 359. The minimum Gasteiger partial charge on any atom is -0.481 e. The highest BCUT2D eigenvalue weighted by Gasteiger charge is 2.17. The fourth-order valence-corrected chi connectivity index (χ4v) is 2.64. The predicted octanol–water partition coefficient (Wildman–Crippen LogP) is 4.54. The van der Waals surface area contributed by atoms with Crippen molar-refractivity contribution in [3.8, 4) is 0 Å². The van der Waals surface area contributed by atoms with Crippen LogP contribution in [0.2, 0.25) is 0 Å². The molecule has 1 aromatic carbocycles. The molecule has 0 aliphatic rings. The maximum absolute atomic E-state index is 11.1. The molecule has 0 aromatic heterocycles. The zero-order valence-corrected chi connectivity index (χ0v) is 12.1. The number of hydrogen-bond donors (Lipinski definition) is 1. The Kier molecular flexibility index (Phi) is 7.24. The molecular weight excluding hydrogens is 236 g/mol. The molecule has 19 heavy (non-hydrogen) atoms. The Hall–Kier alpha value is -1.31. The molecule has 0 bridgehead atoms. The molecule has 2 nitrogen and oxygen atoms in total. The quantitative estimate of drug-likeness (QED) is 0.709. The van der Waals surface area contributed by atoms with Gasteiger partial charge in [-0.25, -0.2) is 0 Å². The van der Waals surface area contributed by atoms with E-state index in [4.69, 9.17) is 5.11 Å². The summed E-state index contributed by atoms with van der Waals surface area (Å²) in [7, 11) is 0. The average Bonchev–Trinajstić information content (AvgIpc) is 2.40. The van der Waals surface area contributed by atoms with Crippen LogP contribution in [0.15, 0.2) is 30.3 Å². The molecule has 1 rings (SSSR count). The monoisotopic (exact) mass is 262 g/mol. The van der Waals surface area contributed by atoms with Gasteiger partial charge in [0.25, 0.3) is 0 Å². The largest absolute Gasteiger partial charge is 0.481 e. The Labute approximate surface area is 116 Å². The van der Waals surface area contributed by atoms with E-state index in [-0.39, 0.29) is 5.92 Å². The van der Waals surface area contributed by atoms with Crippen molar-refractivity contribution < 1.29 is 9.90 Å². The molecule has 1 N–H and O–H groups in total. The third kappa shape index (κ3) is 5.91. The van der Waals surface area contributed by atoms with Crippen molar-refractivity contribution in [3.05, 3.63) is 35.9 Å². The number of rotatable bonds is 9. The van der Waals surface area contributed by atoms with E-state index in [0.29, 0.717) is 5.92 Å². The Balaban J connectivity index is 2.50. The molecule has 2 atom stereocenters. The van der Waals surface area contributed by atoms with Crippen molar-refractivity contribution in [3.63, 3.8) is 0 Å². The van der Waals surface area contributed by atoms with Crippen molar-refractivity contribution in [1.29, 1.82) is 0 Å². The first kappa shape index (κ1) is 15.7. The SMILES string of the molecule is CCCC(CCC(CC)C(=O)O)Cc1ccccc1. The van der Waals surface area contributed by atoms with Crippen molar-refractivity contribution in [2.75, 3.05) is 0 Å². The van der Waals surface area contributed by atoms with E-state index >= 15 is 0 Å². The maximum atomic E-state index is 11.1. The van der Waals surface area contributed by atoms with Crippen LogP contribution < -0.4 is 0 Å². The van der Waals surface area contributed by atoms with Gasteiger partial charge < -0.3 is 5.11 Å². The van der Waals surface area contributed by atoms with E-state index in [0.717, 1.165) is 25.7 Å². The smallest absolute Gasteiger partial charge is 0.306 e. The molecule has 1 aromatic rings. The molecule has 0 aliphatic carbocycles. The lowest BCUT2D eigenvalue weighted by Crippen LogP contribution is -2.15. The average molecular weight is 262 g/mol. The standard InChI is InChI=1S/C17H26O2/c1-3-8-14(11-12-16(4-2)17(18)19)13-15-9-6-5-7-10-15/h5-7,9-10,14,16H,3-4,8,11-13H2,1-2H3,(H,18,19). The lowest BCUT2D eigenvalue weighted by molar-refractivity contribution is -0.142. The van der Waals surface area contributed by atoms with Crippen LogP contribution in [0.3, 0.4) is 0 Å². The lowest BCUT2D eigenvalue weighted by Gasteiger charge is -2.18. The summed E-state index contributed by atoms with van der Waals surface area (Å²) in [5.41, 5.74) is 1.37. The van der Waals surface area contributed by atoms with Gasteiger partial charge in [0.15, 0.2) is 0 Å². The molecule has 0 fully saturated rings. The second kappa shape index (κ2) is 8.73. The van der Waals surface area contributed by atoms with Crippen LogP contribution >= 0.6 is 0 Å². The van der Waals surface area contributed by atoms with E-state index in [1.807, 2.05) is 13.0 Å². The van der Waals surface area contributed by atoms with Gasteiger partial charge in [-0.3, -0.25) is 4.79 Å². The zero-order chi connectivity index (χ0) is 14.1. The van der Waals surface area contributed by atoms with Crippen LogP contribution in [0.4, 0.5) is 0 Å². The van der Waals surface area contributed by atoms with E-state index in [1.165, 1.54) is 18.4 Å². The number of hydrogen-bond acceptors (Lipinski definition) is 1. The van der Waals surface area contributed by atoms with E-state index < -0.39 is 5.97 Å². The van der Waals surface area contributed by atoms with Gasteiger partial charge >= 0.3 is 5.97 Å². The highest BCUT2D eigenvalue weighted by atomic mass is 16.4. The van der Waals surface area contributed by atoms with Crippen molar-refractivity contribution in [2.45, 2.75) is 52.4 Å². The van der Waals surface area contributed by atoms with Crippen molar-refractivity contribution >= 4 is 5.97 Å². The summed E-state index contributed by atoms with van der Waals surface area (Å²) >= 11 is 0. The zero-order valence-electron chi connectivity index (χ0n) is 12.1. The number of benzene rings is 1. The van der Waals surface area contributed by atoms with Gasteiger partial charge in [0, 0.05) is 0 Å². The number of carbonyl (C=O) groups is 1. The fraction of sp³-hybridized carbons (Fsp3) is 0.588. The van der Waals surface area contributed by atoms with Crippen LogP contribution in [-0.2, 0) is 11.2 Å². The van der Waals surface area contributed by atoms with Gasteiger partial charge in [0.2, 0.25) is 0 Å². The molecule has 0 aliphatic heterocycles. The third-order valence-electron chi connectivity index (χ3n) is 3.83. The second-order valence-corrected chi connectivity index (χ2v) is 5.37. The second-order valence-electron chi connectivity index (χ2n) is 5.37. The summed E-state index contributed by atoms with van der Waals surface area (Å²) in [5, 5.41) is 9.11. The first-order valence-electron chi connectivity index (χ1n) is 7.44. The Morgan fingerprint density at radius 2 is 1.79 bits per heavy atom. The lowest BCUT2D eigenvalue weighted by atomic mass is 9.87. The fourth-order valence-electron chi connectivity index (χ4n) is 2.64. The highest BCUT2D eigenvalue weighted by Crippen LogP contribution is 2.23. The van der Waals surface area contributed by atoms with Crippen LogP contribution in [0.5, 0.6) is 0 Å². The minimum absolute atomic E-state index is 0.171. The van der Waals surface area contributed by atoms with Crippen molar-refractivity contribution in [2.24, 2.45) is 11.8 Å². The molecular formula is C17H26O2. The molecule has 0 heterocycles.